The van der Waals surface area contributed by atoms with Crippen LogP contribution in [0.1, 0.15) is 36.4 Å². The highest BCUT2D eigenvalue weighted by atomic mass is 35.5. The van der Waals surface area contributed by atoms with Crippen LogP contribution in [0.5, 0.6) is 5.75 Å². The van der Waals surface area contributed by atoms with Gasteiger partial charge in [0.05, 0.1) is 33.7 Å². The minimum atomic E-state index is -0.371. The van der Waals surface area contributed by atoms with E-state index >= 15 is 0 Å². The lowest BCUT2D eigenvalue weighted by Gasteiger charge is -2.37. The Labute approximate surface area is 167 Å². The van der Waals surface area contributed by atoms with Crippen LogP contribution in [0.2, 0.25) is 10.0 Å². The topological polar surface area (TPSA) is 64.4 Å². The Kier molecular flexibility index (Phi) is 4.74. The summed E-state index contributed by atoms with van der Waals surface area (Å²) in [7, 11) is 0. The largest absolute Gasteiger partial charge is 0.494 e. The number of halogens is 2. The van der Waals surface area contributed by atoms with Crippen LogP contribution in [0.15, 0.2) is 42.5 Å². The van der Waals surface area contributed by atoms with Crippen LogP contribution >= 0.6 is 23.2 Å². The molecule has 1 aliphatic heterocycles. The molecule has 140 valence electrons. The van der Waals surface area contributed by atoms with Crippen LogP contribution in [0.4, 0.5) is 11.4 Å². The van der Waals surface area contributed by atoms with Gasteiger partial charge in [-0.25, -0.2) is 0 Å². The van der Waals surface area contributed by atoms with Crippen molar-refractivity contribution in [2.45, 2.75) is 25.3 Å². The average molecular weight is 405 g/mol. The first-order chi connectivity index (χ1) is 13.0. The van der Waals surface area contributed by atoms with Gasteiger partial charge in [0.25, 0.3) is 5.69 Å². The highest BCUT2D eigenvalue weighted by Crippen LogP contribution is 2.54. The summed E-state index contributed by atoms with van der Waals surface area (Å²) in [6.07, 6.45) is 5.10. The molecule has 2 aromatic carbocycles. The van der Waals surface area contributed by atoms with Crippen LogP contribution in [-0.4, -0.2) is 11.5 Å². The molecule has 0 aromatic heterocycles. The number of nitrogens with one attached hydrogen (secondary N) is 1. The Morgan fingerprint density at radius 3 is 2.85 bits per heavy atom. The predicted molar refractivity (Wildman–Crippen MR) is 107 cm³/mol. The number of benzene rings is 2. The fourth-order valence-corrected chi connectivity index (χ4v) is 4.54. The molecule has 1 aliphatic carbocycles. The lowest BCUT2D eigenvalue weighted by atomic mass is 9.76. The SMILES string of the molecule is CCOc1cc2c(c([N+](=O)[O-])c1)N[C@H](c1cccc(Cl)c1Cl)[C@H]1CC=C[C@H]21. The number of hydrogen-bond donors (Lipinski definition) is 1. The second-order valence-corrected chi connectivity index (χ2v) is 7.50. The first-order valence-electron chi connectivity index (χ1n) is 8.83. The Morgan fingerprint density at radius 2 is 2.11 bits per heavy atom. The number of anilines is 1. The Balaban J connectivity index is 1.87. The van der Waals surface area contributed by atoms with E-state index in [0.717, 1.165) is 17.5 Å². The molecule has 0 unspecified atom stereocenters. The number of nitro groups is 1. The Morgan fingerprint density at radius 1 is 1.30 bits per heavy atom. The summed E-state index contributed by atoms with van der Waals surface area (Å²) >= 11 is 12.7. The second kappa shape index (κ2) is 7.06. The number of hydrogen-bond acceptors (Lipinski definition) is 4. The molecule has 0 amide bonds. The summed E-state index contributed by atoms with van der Waals surface area (Å²) in [5, 5.41) is 16.1. The van der Waals surface area contributed by atoms with Crippen molar-refractivity contribution in [3.8, 4) is 5.75 Å². The third-order valence-electron chi connectivity index (χ3n) is 5.25. The van der Waals surface area contributed by atoms with Crippen molar-refractivity contribution in [3.05, 3.63) is 73.8 Å². The van der Waals surface area contributed by atoms with E-state index in [4.69, 9.17) is 27.9 Å². The maximum Gasteiger partial charge on any atom is 0.296 e. The van der Waals surface area contributed by atoms with Crippen molar-refractivity contribution < 1.29 is 9.66 Å². The van der Waals surface area contributed by atoms with Crippen LogP contribution in [0, 0.1) is 16.0 Å². The number of fused-ring (bicyclic) bond motifs is 3. The van der Waals surface area contributed by atoms with E-state index in [1.165, 1.54) is 6.07 Å². The molecule has 0 saturated heterocycles. The van der Waals surface area contributed by atoms with Gasteiger partial charge in [-0.3, -0.25) is 10.1 Å². The summed E-state index contributed by atoms with van der Waals surface area (Å²) in [5.41, 5.74) is 2.28. The van der Waals surface area contributed by atoms with Gasteiger partial charge in [0, 0.05) is 5.92 Å². The number of ether oxygens (including phenoxy) is 1. The van der Waals surface area contributed by atoms with Crippen molar-refractivity contribution in [2.75, 3.05) is 11.9 Å². The third kappa shape index (κ3) is 3.05. The van der Waals surface area contributed by atoms with Gasteiger partial charge in [0.1, 0.15) is 11.4 Å². The van der Waals surface area contributed by atoms with Gasteiger partial charge in [0.2, 0.25) is 0 Å². The smallest absolute Gasteiger partial charge is 0.296 e. The monoisotopic (exact) mass is 404 g/mol. The van der Waals surface area contributed by atoms with E-state index in [2.05, 4.69) is 17.5 Å². The lowest BCUT2D eigenvalue weighted by Crippen LogP contribution is -2.30. The van der Waals surface area contributed by atoms with Crippen molar-refractivity contribution >= 4 is 34.6 Å². The zero-order valence-electron chi connectivity index (χ0n) is 14.6. The van der Waals surface area contributed by atoms with Gasteiger partial charge in [-0.2, -0.15) is 0 Å². The molecular formula is C20H18Cl2N2O3. The third-order valence-corrected chi connectivity index (χ3v) is 6.08. The molecule has 0 bridgehead atoms. The van der Waals surface area contributed by atoms with Crippen molar-refractivity contribution in [1.82, 2.24) is 0 Å². The van der Waals surface area contributed by atoms with Gasteiger partial charge < -0.3 is 10.1 Å². The maximum absolute atomic E-state index is 11.7. The normalized spacial score (nSPS) is 22.7. The first kappa shape index (κ1) is 18.1. The molecular weight excluding hydrogens is 387 g/mol. The van der Waals surface area contributed by atoms with Crippen LogP contribution in [0.25, 0.3) is 0 Å². The van der Waals surface area contributed by atoms with Crippen LogP contribution in [0.3, 0.4) is 0 Å². The summed E-state index contributed by atoms with van der Waals surface area (Å²) in [5.74, 6) is 0.772. The summed E-state index contributed by atoms with van der Waals surface area (Å²) in [6, 6.07) is 8.73. The molecule has 0 saturated carbocycles. The molecule has 5 nitrogen and oxygen atoms in total. The number of nitro benzene ring substituents is 1. The Bertz CT molecular complexity index is 945. The van der Waals surface area contributed by atoms with E-state index < -0.39 is 0 Å². The summed E-state index contributed by atoms with van der Waals surface area (Å²) < 4.78 is 5.56. The molecule has 0 spiro atoms. The fraction of sp³-hybridized carbons (Fsp3) is 0.300. The number of allylic oxidation sites excluding steroid dienone is 2. The standard InChI is InChI=1S/C20H18Cl2N2O3/c1-2-27-11-9-15-12-5-3-6-13(12)19(14-7-4-8-16(21)18(14)22)23-20(15)17(10-11)24(25)26/h3-5,7-10,12-13,19,23H,2,6H2,1H3/t12-,13-,19-/m0/s1. The van der Waals surface area contributed by atoms with E-state index in [9.17, 15) is 10.1 Å². The molecule has 2 aromatic rings. The van der Waals surface area contributed by atoms with Crippen molar-refractivity contribution in [3.63, 3.8) is 0 Å². The molecule has 1 heterocycles. The minimum absolute atomic E-state index is 0.0119. The van der Waals surface area contributed by atoms with Crippen LogP contribution in [-0.2, 0) is 0 Å². The molecule has 27 heavy (non-hydrogen) atoms. The molecule has 2 aliphatic rings. The second-order valence-electron chi connectivity index (χ2n) is 6.72. The average Bonchev–Trinajstić information content (AvgIpc) is 3.13. The molecule has 4 rings (SSSR count). The van der Waals surface area contributed by atoms with Gasteiger partial charge in [-0.15, -0.1) is 0 Å². The van der Waals surface area contributed by atoms with Gasteiger partial charge >= 0.3 is 0 Å². The van der Waals surface area contributed by atoms with E-state index in [0.29, 0.717) is 28.1 Å². The highest BCUT2D eigenvalue weighted by molar-refractivity contribution is 6.42. The quantitative estimate of drug-likeness (QED) is 0.378. The molecule has 3 atom stereocenters. The van der Waals surface area contributed by atoms with E-state index in [1.807, 2.05) is 25.1 Å². The summed E-state index contributed by atoms with van der Waals surface area (Å²) in [4.78, 5) is 11.4. The predicted octanol–water partition coefficient (Wildman–Crippen LogP) is 6.13. The minimum Gasteiger partial charge on any atom is -0.494 e. The zero-order valence-corrected chi connectivity index (χ0v) is 16.1. The molecule has 1 N–H and O–H groups in total. The molecule has 0 radical (unpaired) electrons. The van der Waals surface area contributed by atoms with Crippen LogP contribution < -0.4 is 10.1 Å². The van der Waals surface area contributed by atoms with Gasteiger partial charge in [-0.05, 0) is 42.5 Å². The summed E-state index contributed by atoms with van der Waals surface area (Å²) in [6.45, 7) is 2.31. The first-order valence-corrected chi connectivity index (χ1v) is 9.59. The fourth-order valence-electron chi connectivity index (χ4n) is 4.12. The zero-order chi connectivity index (χ0) is 19.1. The van der Waals surface area contributed by atoms with Gasteiger partial charge in [-0.1, -0.05) is 47.5 Å². The lowest BCUT2D eigenvalue weighted by molar-refractivity contribution is -0.384. The van der Waals surface area contributed by atoms with Crippen molar-refractivity contribution in [1.29, 1.82) is 0 Å². The number of rotatable bonds is 4. The van der Waals surface area contributed by atoms with Gasteiger partial charge in [0.15, 0.2) is 0 Å². The maximum atomic E-state index is 11.7. The highest BCUT2D eigenvalue weighted by Gasteiger charge is 2.41. The molecule has 0 fully saturated rings. The van der Waals surface area contributed by atoms with E-state index in [1.54, 1.807) is 6.07 Å². The Hall–Kier alpha value is -2.24. The van der Waals surface area contributed by atoms with E-state index in [-0.39, 0.29) is 28.5 Å². The number of nitrogens with zero attached hydrogens (tertiary/aromatic N) is 1. The molecule has 7 heteroatoms. The van der Waals surface area contributed by atoms with Crippen molar-refractivity contribution in [2.24, 2.45) is 5.92 Å².